The molecule has 8 aromatic rings. The summed E-state index contributed by atoms with van der Waals surface area (Å²) < 4.78 is 0. The fraction of sp³-hybridized carbons (Fsp3) is 0. The van der Waals surface area contributed by atoms with Crippen molar-refractivity contribution in [3.8, 4) is 0 Å². The van der Waals surface area contributed by atoms with Crippen LogP contribution in [-0.2, 0) is 19.5 Å². The van der Waals surface area contributed by atoms with Crippen LogP contribution in [-0.4, -0.2) is 0 Å². The van der Waals surface area contributed by atoms with Crippen LogP contribution in [0.4, 0.5) is 0 Å². The first-order valence-corrected chi connectivity index (χ1v) is 20.6. The zero-order valence-electron chi connectivity index (χ0n) is 30.3. The van der Waals surface area contributed by atoms with E-state index < -0.39 is 15.8 Å². The molecule has 8 aromatic carbocycles. The molecule has 9 rings (SSSR count). The molecular weight excluding hydrogens is 811 g/mol. The molecule has 0 N–H and O–H groups in total. The minimum absolute atomic E-state index is 0. The second-order valence-corrected chi connectivity index (χ2v) is 16.8. The smallest absolute Gasteiger partial charge is 1.00 e. The van der Waals surface area contributed by atoms with Gasteiger partial charge in [0, 0.05) is 0 Å². The van der Waals surface area contributed by atoms with E-state index in [1.807, 2.05) is 0 Å². The predicted molar refractivity (Wildman–Crippen MR) is 234 cm³/mol. The van der Waals surface area contributed by atoms with E-state index in [1.165, 1.54) is 54.4 Å². The molecule has 0 atom stereocenters. The average molecular weight is 852 g/mol. The molecule has 0 aromatic heterocycles. The van der Waals surface area contributed by atoms with Crippen LogP contribution in [0.2, 0.25) is 0 Å². The summed E-state index contributed by atoms with van der Waals surface area (Å²) in [5.74, 6) is 1.33. The zero-order chi connectivity index (χ0) is 35.9. The van der Waals surface area contributed by atoms with Crippen LogP contribution in [0.25, 0.3) is 6.08 Å². The normalized spacial score (nSPS) is 11.2. The van der Waals surface area contributed by atoms with Gasteiger partial charge in [-0.05, 0) is 64.4 Å². The summed E-state index contributed by atoms with van der Waals surface area (Å²) in [6.07, 6.45) is 4.37. The van der Waals surface area contributed by atoms with Crippen molar-refractivity contribution in [1.29, 1.82) is 0 Å². The van der Waals surface area contributed by atoms with Crippen LogP contribution in [0.5, 0.6) is 0 Å². The van der Waals surface area contributed by atoms with Crippen LogP contribution in [0.1, 0.15) is 16.7 Å². The van der Waals surface area contributed by atoms with E-state index >= 15 is 0 Å². The molecule has 0 unspecified atom stereocenters. The second-order valence-electron chi connectivity index (χ2n) is 12.4. The maximum Gasteiger partial charge on any atom is 1.00 e. The Morgan fingerprint density at radius 3 is 0.818 bits per heavy atom. The van der Waals surface area contributed by atoms with Gasteiger partial charge in [0.2, 0.25) is 0 Å². The topological polar surface area (TPSA) is 0 Å². The van der Waals surface area contributed by atoms with Gasteiger partial charge in [-0.15, -0.1) is 0 Å². The van der Waals surface area contributed by atoms with Gasteiger partial charge >= 0.3 is 19.5 Å². The first-order valence-electron chi connectivity index (χ1n) is 18.0. The Balaban J connectivity index is 0.000000157. The SMILES string of the molecule is C1=Cc2ccccc2[C]1c1ccccc1.[Cl-].[Ru+].c1ccc(P(c2ccccc2)c2ccccc2)cc1.c1ccc(P(c2ccccc2)c2ccccc2)cc1. The van der Waals surface area contributed by atoms with Gasteiger partial charge in [-0.3, -0.25) is 0 Å². The number of halogens is 1. The quantitative estimate of drug-likeness (QED) is 0.115. The Labute approximate surface area is 348 Å². The van der Waals surface area contributed by atoms with E-state index in [-0.39, 0.29) is 31.9 Å². The van der Waals surface area contributed by atoms with E-state index in [1.54, 1.807) is 0 Å². The minimum atomic E-state index is -0.446. The van der Waals surface area contributed by atoms with Crippen molar-refractivity contribution in [2.45, 2.75) is 0 Å². The number of benzene rings is 8. The van der Waals surface area contributed by atoms with E-state index in [2.05, 4.69) is 249 Å². The minimum Gasteiger partial charge on any atom is -1.00 e. The van der Waals surface area contributed by atoms with Crippen molar-refractivity contribution in [1.82, 2.24) is 0 Å². The Hall–Kier alpha value is -4.73. The summed E-state index contributed by atoms with van der Waals surface area (Å²) in [7, 11) is -0.892. The van der Waals surface area contributed by atoms with Crippen molar-refractivity contribution >= 4 is 53.7 Å². The third-order valence-corrected chi connectivity index (χ3v) is 13.7. The van der Waals surface area contributed by atoms with Crippen LogP contribution in [0, 0.1) is 5.92 Å². The van der Waals surface area contributed by atoms with Gasteiger partial charge in [-0.25, -0.2) is 0 Å². The van der Waals surface area contributed by atoms with Gasteiger partial charge in [0.05, 0.1) is 5.92 Å². The molecule has 0 nitrogen and oxygen atoms in total. The second kappa shape index (κ2) is 22.0. The summed E-state index contributed by atoms with van der Waals surface area (Å²) in [4.78, 5) is 0. The average Bonchev–Trinajstić information content (AvgIpc) is 3.69. The third-order valence-electron chi connectivity index (χ3n) is 8.85. The number of rotatable bonds is 7. The molecule has 0 spiro atoms. The molecule has 270 valence electrons. The van der Waals surface area contributed by atoms with E-state index in [4.69, 9.17) is 0 Å². The monoisotopic (exact) mass is 852 g/mol. The van der Waals surface area contributed by atoms with Gasteiger partial charge in [0.15, 0.2) is 0 Å². The number of hydrogen-bond acceptors (Lipinski definition) is 0. The largest absolute Gasteiger partial charge is 1.00 e. The molecule has 0 heterocycles. The molecule has 1 aliphatic carbocycles. The molecular formula is C51H41ClP2Ru. The molecule has 55 heavy (non-hydrogen) atoms. The van der Waals surface area contributed by atoms with E-state index in [0.29, 0.717) is 0 Å². The zero-order valence-corrected chi connectivity index (χ0v) is 34.6. The standard InChI is InChI=1S/2C18H15P.C15H11.ClH.Ru/c2*1-4-10-16(11-5-1)19(17-12-6-2-7-13-17)18-14-8-3-9-15-18;1-2-6-12(7-3-1)15-11-10-13-8-4-5-9-14(13)15;;/h2*1-15H;1-11H;1H;/q;;;;+1/p-1. The maximum absolute atomic E-state index is 2.23. The predicted octanol–water partition coefficient (Wildman–Crippen LogP) is 7.58. The van der Waals surface area contributed by atoms with Gasteiger partial charge in [0.1, 0.15) is 0 Å². The molecule has 0 amide bonds. The molecule has 0 saturated heterocycles. The molecule has 0 saturated carbocycles. The Morgan fingerprint density at radius 2 is 0.509 bits per heavy atom. The van der Waals surface area contributed by atoms with Crippen LogP contribution in [0.3, 0.4) is 0 Å². The van der Waals surface area contributed by atoms with Crippen molar-refractivity contribution < 1.29 is 31.9 Å². The molecule has 1 aliphatic rings. The van der Waals surface area contributed by atoms with E-state index in [9.17, 15) is 0 Å². The molecule has 2 radical (unpaired) electrons. The molecule has 4 heteroatoms. The van der Waals surface area contributed by atoms with Crippen molar-refractivity contribution in [3.05, 3.63) is 265 Å². The van der Waals surface area contributed by atoms with Crippen LogP contribution in [0.15, 0.2) is 243 Å². The summed E-state index contributed by atoms with van der Waals surface area (Å²) in [5.41, 5.74) is 3.94. The molecule has 0 aliphatic heterocycles. The fourth-order valence-corrected chi connectivity index (χ4v) is 11.0. The number of allylic oxidation sites excluding steroid dienone is 1. The summed E-state index contributed by atoms with van der Waals surface area (Å²) in [6, 6.07) is 83.7. The van der Waals surface area contributed by atoms with Crippen molar-refractivity contribution in [2.75, 3.05) is 0 Å². The molecule has 0 fully saturated rings. The van der Waals surface area contributed by atoms with Crippen LogP contribution >= 0.6 is 15.8 Å². The number of hydrogen-bond donors (Lipinski definition) is 0. The van der Waals surface area contributed by atoms with Gasteiger partial charge in [-0.2, -0.15) is 0 Å². The molecule has 0 bridgehead atoms. The first-order chi connectivity index (χ1) is 26.3. The van der Waals surface area contributed by atoms with Crippen molar-refractivity contribution in [3.63, 3.8) is 0 Å². The van der Waals surface area contributed by atoms with Gasteiger partial charge < -0.3 is 12.4 Å². The fourth-order valence-electron chi connectivity index (χ4n) is 6.38. The van der Waals surface area contributed by atoms with E-state index in [0.717, 1.165) is 0 Å². The summed E-state index contributed by atoms with van der Waals surface area (Å²) in [6.45, 7) is 0. The van der Waals surface area contributed by atoms with Crippen LogP contribution < -0.4 is 44.2 Å². The van der Waals surface area contributed by atoms with Crippen molar-refractivity contribution in [2.24, 2.45) is 0 Å². The third kappa shape index (κ3) is 11.2. The Morgan fingerprint density at radius 1 is 0.255 bits per heavy atom. The first kappa shape index (κ1) is 41.4. The summed E-state index contributed by atoms with van der Waals surface area (Å²) in [5, 5.41) is 8.39. The maximum atomic E-state index is 2.23. The Bertz CT molecular complexity index is 1970. The summed E-state index contributed by atoms with van der Waals surface area (Å²) >= 11 is 0. The number of fused-ring (bicyclic) bond motifs is 1. The van der Waals surface area contributed by atoms with Gasteiger partial charge in [0.25, 0.3) is 0 Å². The Kier molecular flexibility index (Phi) is 16.6. The van der Waals surface area contributed by atoms with Gasteiger partial charge in [-0.1, -0.05) is 249 Å².